The Balaban J connectivity index is 0. The standard InChI is InChI=1S/C4H10O2.C2H6O/c1-2-3-4(5)6;1-3-2/h4-6H,2-3H2,1H3;1-2H3. The molecule has 0 atom stereocenters. The third-order valence-electron chi connectivity index (χ3n) is 0.547. The second-order valence-corrected chi connectivity index (χ2v) is 1.68. The van der Waals surface area contributed by atoms with Crippen LogP contribution in [0.3, 0.4) is 0 Å². The van der Waals surface area contributed by atoms with Crippen molar-refractivity contribution in [3.05, 3.63) is 0 Å². The first kappa shape index (κ1) is 11.6. The van der Waals surface area contributed by atoms with E-state index >= 15 is 0 Å². The predicted octanol–water partition coefficient (Wildman–Crippen LogP) is 0.360. The van der Waals surface area contributed by atoms with Crippen LogP contribution in [0.5, 0.6) is 0 Å². The molecule has 0 aliphatic carbocycles. The van der Waals surface area contributed by atoms with Crippen LogP contribution in [0.1, 0.15) is 19.8 Å². The van der Waals surface area contributed by atoms with E-state index in [4.69, 9.17) is 10.2 Å². The molecule has 0 saturated carbocycles. The summed E-state index contributed by atoms with van der Waals surface area (Å²) < 4.78 is 4.25. The van der Waals surface area contributed by atoms with Crippen molar-refractivity contribution in [3.8, 4) is 0 Å². The Bertz CT molecular complexity index is 37.3. The Morgan fingerprint density at radius 2 is 1.67 bits per heavy atom. The van der Waals surface area contributed by atoms with Crippen LogP contribution in [0.4, 0.5) is 0 Å². The molecule has 3 nitrogen and oxygen atoms in total. The van der Waals surface area contributed by atoms with Crippen molar-refractivity contribution in [2.75, 3.05) is 14.2 Å². The van der Waals surface area contributed by atoms with Crippen LogP contribution in [0.25, 0.3) is 0 Å². The van der Waals surface area contributed by atoms with Gasteiger partial charge in [-0.25, -0.2) is 0 Å². The lowest BCUT2D eigenvalue weighted by Gasteiger charge is -1.94. The minimum absolute atomic E-state index is 0.486. The lowest BCUT2D eigenvalue weighted by atomic mass is 10.3. The summed E-state index contributed by atoms with van der Waals surface area (Å²) >= 11 is 0. The molecule has 2 N–H and O–H groups in total. The largest absolute Gasteiger partial charge is 0.388 e. The molecule has 0 radical (unpaired) electrons. The van der Waals surface area contributed by atoms with Crippen molar-refractivity contribution < 1.29 is 14.9 Å². The number of ether oxygens (including phenoxy) is 1. The summed E-state index contributed by atoms with van der Waals surface area (Å²) in [5.41, 5.74) is 0. The van der Waals surface area contributed by atoms with E-state index in [-0.39, 0.29) is 0 Å². The second-order valence-electron chi connectivity index (χ2n) is 1.68. The van der Waals surface area contributed by atoms with E-state index in [0.717, 1.165) is 6.42 Å². The van der Waals surface area contributed by atoms with Crippen LogP contribution in [-0.4, -0.2) is 30.7 Å². The molecule has 58 valence electrons. The zero-order chi connectivity index (χ0) is 7.70. The van der Waals surface area contributed by atoms with E-state index in [9.17, 15) is 0 Å². The summed E-state index contributed by atoms with van der Waals surface area (Å²) in [7, 11) is 3.25. The summed E-state index contributed by atoms with van der Waals surface area (Å²) in [6, 6.07) is 0. The minimum atomic E-state index is -1.10. The molecule has 0 aromatic carbocycles. The Hall–Kier alpha value is -0.120. The molecule has 0 rings (SSSR count). The Morgan fingerprint density at radius 3 is 1.67 bits per heavy atom. The van der Waals surface area contributed by atoms with Gasteiger partial charge in [-0.2, -0.15) is 0 Å². The van der Waals surface area contributed by atoms with E-state index in [1.807, 2.05) is 6.92 Å². The van der Waals surface area contributed by atoms with Crippen molar-refractivity contribution in [1.29, 1.82) is 0 Å². The third-order valence-corrected chi connectivity index (χ3v) is 0.547. The number of aliphatic hydroxyl groups is 2. The molecule has 0 spiro atoms. The highest BCUT2D eigenvalue weighted by molar-refractivity contribution is 4.31. The molecule has 0 aromatic rings. The van der Waals surface area contributed by atoms with Crippen LogP contribution in [0.2, 0.25) is 0 Å². The highest BCUT2D eigenvalue weighted by atomic mass is 16.5. The average molecular weight is 136 g/mol. The SMILES string of the molecule is CCCC(O)O.COC. The maximum absolute atomic E-state index is 8.11. The molecule has 0 aliphatic heterocycles. The zero-order valence-electron chi connectivity index (χ0n) is 6.29. The average Bonchev–Trinajstić information content (AvgIpc) is 1.67. The predicted molar refractivity (Wildman–Crippen MR) is 36.1 cm³/mol. The molecule has 0 amide bonds. The molecule has 0 unspecified atom stereocenters. The Morgan fingerprint density at radius 1 is 1.33 bits per heavy atom. The van der Waals surface area contributed by atoms with Crippen LogP contribution in [0.15, 0.2) is 0 Å². The van der Waals surface area contributed by atoms with Gasteiger partial charge in [-0.05, 0) is 6.42 Å². The van der Waals surface area contributed by atoms with Gasteiger partial charge in [0.25, 0.3) is 0 Å². The molecule has 9 heavy (non-hydrogen) atoms. The fraction of sp³-hybridized carbons (Fsp3) is 1.00. The van der Waals surface area contributed by atoms with E-state index in [1.165, 1.54) is 0 Å². The van der Waals surface area contributed by atoms with Gasteiger partial charge in [-0.15, -0.1) is 0 Å². The Kier molecular flexibility index (Phi) is 14.0. The first-order valence-electron chi connectivity index (χ1n) is 2.95. The van der Waals surface area contributed by atoms with E-state index < -0.39 is 6.29 Å². The molecule has 0 aromatic heterocycles. The maximum atomic E-state index is 8.11. The first-order valence-corrected chi connectivity index (χ1v) is 2.95. The van der Waals surface area contributed by atoms with Gasteiger partial charge in [0, 0.05) is 14.2 Å². The molecular weight excluding hydrogens is 120 g/mol. The maximum Gasteiger partial charge on any atom is 0.151 e. The summed E-state index contributed by atoms with van der Waals surface area (Å²) in [5.74, 6) is 0. The summed E-state index contributed by atoms with van der Waals surface area (Å²) in [6.07, 6.45) is 0.215. The van der Waals surface area contributed by atoms with Crippen LogP contribution in [0, 0.1) is 0 Å². The molecule has 3 heteroatoms. The third kappa shape index (κ3) is 32.8. The summed E-state index contributed by atoms with van der Waals surface area (Å²) in [4.78, 5) is 0. The quantitative estimate of drug-likeness (QED) is 0.539. The van der Waals surface area contributed by atoms with Gasteiger partial charge in [0.05, 0.1) is 0 Å². The first-order chi connectivity index (χ1) is 4.18. The summed E-state index contributed by atoms with van der Waals surface area (Å²) in [6.45, 7) is 1.90. The summed E-state index contributed by atoms with van der Waals surface area (Å²) in [5, 5.41) is 16.2. The lowest BCUT2D eigenvalue weighted by molar-refractivity contribution is -0.0453. The van der Waals surface area contributed by atoms with Gasteiger partial charge in [0.1, 0.15) is 0 Å². The lowest BCUT2D eigenvalue weighted by Crippen LogP contribution is -2.01. The van der Waals surface area contributed by atoms with E-state index in [0.29, 0.717) is 6.42 Å². The fourth-order valence-electron chi connectivity index (χ4n) is 0.258. The highest BCUT2D eigenvalue weighted by Gasteiger charge is 1.89. The van der Waals surface area contributed by atoms with Crippen molar-refractivity contribution in [2.45, 2.75) is 26.1 Å². The van der Waals surface area contributed by atoms with Crippen LogP contribution in [-0.2, 0) is 4.74 Å². The number of rotatable bonds is 2. The number of methoxy groups -OCH3 is 1. The fourth-order valence-corrected chi connectivity index (χ4v) is 0.258. The monoisotopic (exact) mass is 136 g/mol. The Labute approximate surface area is 56.3 Å². The van der Waals surface area contributed by atoms with Gasteiger partial charge in [0.15, 0.2) is 6.29 Å². The molecule has 0 fully saturated rings. The second kappa shape index (κ2) is 10.8. The molecule has 0 saturated heterocycles. The van der Waals surface area contributed by atoms with Gasteiger partial charge in [0.2, 0.25) is 0 Å². The highest BCUT2D eigenvalue weighted by Crippen LogP contribution is 1.88. The normalized spacial score (nSPS) is 8.67. The smallest absolute Gasteiger partial charge is 0.151 e. The van der Waals surface area contributed by atoms with Crippen molar-refractivity contribution in [1.82, 2.24) is 0 Å². The zero-order valence-corrected chi connectivity index (χ0v) is 6.29. The van der Waals surface area contributed by atoms with E-state index in [2.05, 4.69) is 4.74 Å². The van der Waals surface area contributed by atoms with Crippen molar-refractivity contribution in [2.24, 2.45) is 0 Å². The van der Waals surface area contributed by atoms with Crippen molar-refractivity contribution in [3.63, 3.8) is 0 Å². The molecule has 0 heterocycles. The van der Waals surface area contributed by atoms with Gasteiger partial charge in [-0.3, -0.25) is 0 Å². The minimum Gasteiger partial charge on any atom is -0.388 e. The molecular formula is C6H16O3. The van der Waals surface area contributed by atoms with Crippen LogP contribution < -0.4 is 0 Å². The van der Waals surface area contributed by atoms with Crippen molar-refractivity contribution >= 4 is 0 Å². The van der Waals surface area contributed by atoms with Crippen LogP contribution >= 0.6 is 0 Å². The topological polar surface area (TPSA) is 49.7 Å². The number of hydrogen-bond donors (Lipinski definition) is 2. The number of hydrogen-bond acceptors (Lipinski definition) is 3. The van der Waals surface area contributed by atoms with Gasteiger partial charge in [-0.1, -0.05) is 13.3 Å². The number of aliphatic hydroxyl groups excluding tert-OH is 1. The van der Waals surface area contributed by atoms with E-state index in [1.54, 1.807) is 14.2 Å². The molecule has 0 aliphatic rings. The van der Waals surface area contributed by atoms with Gasteiger partial charge >= 0.3 is 0 Å². The van der Waals surface area contributed by atoms with Gasteiger partial charge < -0.3 is 14.9 Å². The molecule has 0 bridgehead atoms.